The fourth-order valence-electron chi connectivity index (χ4n) is 2.33. The lowest BCUT2D eigenvalue weighted by Crippen LogP contribution is -2.18. The number of unbranched alkanes of at least 4 members (excludes halogenated alkanes) is 4. The summed E-state index contributed by atoms with van der Waals surface area (Å²) >= 11 is 4.87. The Balaban J connectivity index is 2.03. The lowest BCUT2D eigenvalue weighted by atomic mass is 10.1. The maximum absolute atomic E-state index is 5.51. The maximum Gasteiger partial charge on any atom is 0.168 e. The number of anilines is 1. The summed E-state index contributed by atoms with van der Waals surface area (Å²) in [6.45, 7) is 3.20. The number of hydrogen-bond acceptors (Lipinski definition) is 2. The highest BCUT2D eigenvalue weighted by Gasteiger charge is 2.04. The lowest BCUT2D eigenvalue weighted by molar-refractivity contribution is 0.544. The van der Waals surface area contributed by atoms with E-state index in [4.69, 9.17) is 18.0 Å². The Hall–Kier alpha value is -1.62. The molecule has 1 aromatic heterocycles. The molecule has 0 aliphatic heterocycles. The first-order valence-electron chi connectivity index (χ1n) is 7.22. The fourth-order valence-corrected chi connectivity index (χ4v) is 2.45. The van der Waals surface area contributed by atoms with E-state index in [1.165, 1.54) is 32.1 Å². The van der Waals surface area contributed by atoms with Crippen molar-refractivity contribution in [3.05, 3.63) is 24.4 Å². The molecular weight excluding hydrogens is 268 g/mol. The molecule has 108 valence electrons. The molecule has 1 heterocycles. The molecule has 0 radical (unpaired) electrons. The molecule has 20 heavy (non-hydrogen) atoms. The average Bonchev–Trinajstić information content (AvgIpc) is 2.80. The van der Waals surface area contributed by atoms with Gasteiger partial charge in [-0.1, -0.05) is 32.6 Å². The van der Waals surface area contributed by atoms with Crippen molar-refractivity contribution in [1.29, 1.82) is 0 Å². The summed E-state index contributed by atoms with van der Waals surface area (Å²) < 4.78 is 2.06. The first-order valence-corrected chi connectivity index (χ1v) is 7.63. The van der Waals surface area contributed by atoms with E-state index in [0.717, 1.165) is 23.1 Å². The van der Waals surface area contributed by atoms with Crippen molar-refractivity contribution < 1.29 is 0 Å². The van der Waals surface area contributed by atoms with Crippen LogP contribution in [0.1, 0.15) is 39.0 Å². The van der Waals surface area contributed by atoms with Crippen molar-refractivity contribution in [2.24, 2.45) is 5.73 Å². The number of aromatic nitrogens is 2. The minimum atomic E-state index is 0.287. The fraction of sp³-hybridized carbons (Fsp3) is 0.467. The summed E-state index contributed by atoms with van der Waals surface area (Å²) in [5.41, 5.74) is 7.55. The van der Waals surface area contributed by atoms with Gasteiger partial charge in [-0.25, -0.2) is 0 Å². The van der Waals surface area contributed by atoms with Crippen LogP contribution in [0.2, 0.25) is 0 Å². The van der Waals surface area contributed by atoms with E-state index in [0.29, 0.717) is 0 Å². The van der Waals surface area contributed by atoms with Crippen molar-refractivity contribution in [3.8, 4) is 0 Å². The smallest absolute Gasteiger partial charge is 0.168 e. The van der Waals surface area contributed by atoms with Crippen LogP contribution >= 0.6 is 12.2 Å². The summed E-state index contributed by atoms with van der Waals surface area (Å²) in [6.07, 6.45) is 8.25. The molecule has 0 atom stereocenters. The molecule has 4 nitrogen and oxygen atoms in total. The number of fused-ring (bicyclic) bond motifs is 1. The van der Waals surface area contributed by atoms with Gasteiger partial charge in [0.15, 0.2) is 5.11 Å². The highest BCUT2D eigenvalue weighted by atomic mass is 32.1. The zero-order valence-electron chi connectivity index (χ0n) is 11.9. The number of nitrogens with zero attached hydrogens (tertiary/aromatic N) is 2. The average molecular weight is 290 g/mol. The predicted molar refractivity (Wildman–Crippen MR) is 88.9 cm³/mol. The third-order valence-electron chi connectivity index (χ3n) is 3.39. The van der Waals surface area contributed by atoms with Gasteiger partial charge in [0.2, 0.25) is 0 Å². The first-order chi connectivity index (χ1) is 9.70. The predicted octanol–water partition coefficient (Wildman–Crippen LogP) is 3.66. The Bertz CT molecular complexity index is 576. The van der Waals surface area contributed by atoms with E-state index in [9.17, 15) is 0 Å². The minimum absolute atomic E-state index is 0.287. The molecular formula is C15H22N4S. The molecule has 0 saturated heterocycles. The van der Waals surface area contributed by atoms with Crippen LogP contribution in [0.3, 0.4) is 0 Å². The molecule has 0 aliphatic carbocycles. The summed E-state index contributed by atoms with van der Waals surface area (Å²) in [4.78, 5) is 0. The van der Waals surface area contributed by atoms with Crippen LogP contribution in [-0.2, 0) is 6.54 Å². The minimum Gasteiger partial charge on any atom is -0.376 e. The second-order valence-corrected chi connectivity index (χ2v) is 5.48. The Morgan fingerprint density at radius 1 is 1.30 bits per heavy atom. The molecule has 0 unspecified atom stereocenters. The van der Waals surface area contributed by atoms with Crippen molar-refractivity contribution in [1.82, 2.24) is 9.78 Å². The van der Waals surface area contributed by atoms with Crippen molar-refractivity contribution in [3.63, 3.8) is 0 Å². The van der Waals surface area contributed by atoms with Gasteiger partial charge in [0, 0.05) is 17.6 Å². The van der Waals surface area contributed by atoms with Crippen LogP contribution in [0.4, 0.5) is 5.69 Å². The highest BCUT2D eigenvalue weighted by molar-refractivity contribution is 7.80. The Morgan fingerprint density at radius 3 is 2.85 bits per heavy atom. The van der Waals surface area contributed by atoms with E-state index < -0.39 is 0 Å². The van der Waals surface area contributed by atoms with Gasteiger partial charge in [-0.3, -0.25) is 4.68 Å². The van der Waals surface area contributed by atoms with Gasteiger partial charge in [0.25, 0.3) is 0 Å². The van der Waals surface area contributed by atoms with E-state index in [1.807, 2.05) is 24.4 Å². The molecule has 0 aliphatic rings. The molecule has 0 amide bonds. The van der Waals surface area contributed by atoms with E-state index in [2.05, 4.69) is 22.0 Å². The third-order valence-corrected chi connectivity index (χ3v) is 3.49. The number of rotatable bonds is 7. The molecule has 3 N–H and O–H groups in total. The van der Waals surface area contributed by atoms with Gasteiger partial charge >= 0.3 is 0 Å². The molecule has 0 spiro atoms. The SMILES string of the molecule is CCCCCCCn1ncc2ccc(NC(N)=S)cc21. The zero-order valence-corrected chi connectivity index (χ0v) is 12.7. The monoisotopic (exact) mass is 290 g/mol. The summed E-state index contributed by atoms with van der Waals surface area (Å²) in [6, 6.07) is 6.05. The van der Waals surface area contributed by atoms with Gasteiger partial charge in [-0.15, -0.1) is 0 Å². The molecule has 0 saturated carbocycles. The van der Waals surface area contributed by atoms with Crippen molar-refractivity contribution >= 4 is 33.9 Å². The van der Waals surface area contributed by atoms with Gasteiger partial charge in [0.1, 0.15) is 0 Å². The number of thiocarbonyl (C=S) groups is 1. The van der Waals surface area contributed by atoms with E-state index >= 15 is 0 Å². The highest BCUT2D eigenvalue weighted by Crippen LogP contribution is 2.19. The Kier molecular flexibility index (Phi) is 5.35. The molecule has 0 bridgehead atoms. The van der Waals surface area contributed by atoms with Crippen LogP contribution in [0, 0.1) is 0 Å². The van der Waals surface area contributed by atoms with Gasteiger partial charge in [-0.05, 0) is 36.8 Å². The Labute approximate surface area is 125 Å². The molecule has 5 heteroatoms. The largest absolute Gasteiger partial charge is 0.376 e. The van der Waals surface area contributed by atoms with Crippen LogP contribution in [0.5, 0.6) is 0 Å². The van der Waals surface area contributed by atoms with Gasteiger partial charge < -0.3 is 11.1 Å². The third kappa shape index (κ3) is 3.93. The van der Waals surface area contributed by atoms with E-state index in [-0.39, 0.29) is 5.11 Å². The lowest BCUT2D eigenvalue weighted by Gasteiger charge is -2.06. The maximum atomic E-state index is 5.51. The number of aryl methyl sites for hydroxylation is 1. The van der Waals surface area contributed by atoms with Crippen LogP contribution in [0.15, 0.2) is 24.4 Å². The normalized spacial score (nSPS) is 10.8. The molecule has 1 aromatic carbocycles. The summed E-state index contributed by atoms with van der Waals surface area (Å²) in [5.74, 6) is 0. The zero-order chi connectivity index (χ0) is 14.4. The second kappa shape index (κ2) is 7.24. The summed E-state index contributed by atoms with van der Waals surface area (Å²) in [5, 5.41) is 8.86. The Morgan fingerprint density at radius 2 is 2.10 bits per heavy atom. The quantitative estimate of drug-likeness (QED) is 0.603. The van der Waals surface area contributed by atoms with E-state index in [1.54, 1.807) is 0 Å². The number of nitrogens with two attached hydrogens (primary N) is 1. The van der Waals surface area contributed by atoms with Gasteiger partial charge in [0.05, 0.1) is 11.7 Å². The number of hydrogen-bond donors (Lipinski definition) is 2. The van der Waals surface area contributed by atoms with Crippen LogP contribution in [0.25, 0.3) is 10.9 Å². The standard InChI is InChI=1S/C15H22N4S/c1-2-3-4-5-6-9-19-14-10-13(18-15(16)20)8-7-12(14)11-17-19/h7-8,10-11H,2-6,9H2,1H3,(H3,16,18,20). The topological polar surface area (TPSA) is 55.9 Å². The number of benzene rings is 1. The van der Waals surface area contributed by atoms with Gasteiger partial charge in [-0.2, -0.15) is 5.10 Å². The molecule has 2 rings (SSSR count). The summed E-state index contributed by atoms with van der Waals surface area (Å²) in [7, 11) is 0. The second-order valence-electron chi connectivity index (χ2n) is 5.04. The number of nitrogens with one attached hydrogen (secondary N) is 1. The van der Waals surface area contributed by atoms with Crippen molar-refractivity contribution in [2.45, 2.75) is 45.6 Å². The molecule has 2 aromatic rings. The van der Waals surface area contributed by atoms with Crippen LogP contribution < -0.4 is 11.1 Å². The first kappa shape index (κ1) is 14.8. The molecule has 0 fully saturated rings. The van der Waals surface area contributed by atoms with Crippen LogP contribution in [-0.4, -0.2) is 14.9 Å². The van der Waals surface area contributed by atoms with Crippen molar-refractivity contribution in [2.75, 3.05) is 5.32 Å².